The molecule has 0 bridgehead atoms. The Morgan fingerprint density at radius 1 is 1.41 bits per heavy atom. The van der Waals surface area contributed by atoms with E-state index in [4.69, 9.17) is 5.73 Å². The van der Waals surface area contributed by atoms with Crippen LogP contribution in [0.25, 0.3) is 0 Å². The van der Waals surface area contributed by atoms with Gasteiger partial charge in [0.2, 0.25) is 0 Å². The van der Waals surface area contributed by atoms with Gasteiger partial charge in [-0.05, 0) is 22.0 Å². The molecule has 3 N–H and O–H groups in total. The summed E-state index contributed by atoms with van der Waals surface area (Å²) in [6.07, 6.45) is 2.73. The van der Waals surface area contributed by atoms with Crippen LogP contribution in [0.3, 0.4) is 0 Å². The molecule has 0 aliphatic rings. The normalized spacial score (nSPS) is 11.4. The lowest BCUT2D eigenvalue weighted by Crippen LogP contribution is -2.14. The number of nitrogen functional groups attached to an aromatic ring is 1. The van der Waals surface area contributed by atoms with E-state index >= 15 is 0 Å². The quantitative estimate of drug-likeness (QED) is 0.868. The minimum atomic E-state index is -3.77. The zero-order chi connectivity index (χ0) is 12.5. The fourth-order valence-corrected chi connectivity index (χ4v) is 3.32. The molecular weight excluding hydrogens is 330 g/mol. The first-order valence-corrected chi connectivity index (χ1v) is 7.25. The predicted molar refractivity (Wildman–Crippen MR) is 67.1 cm³/mol. The van der Waals surface area contributed by atoms with Gasteiger partial charge in [0.1, 0.15) is 15.7 Å². The Balaban J connectivity index is 2.41. The molecular formula is C7H6BrN5O2S2. The van der Waals surface area contributed by atoms with E-state index in [9.17, 15) is 8.42 Å². The smallest absolute Gasteiger partial charge is 0.266 e. The molecule has 2 aromatic heterocycles. The second-order valence-corrected chi connectivity index (χ2v) is 6.28. The van der Waals surface area contributed by atoms with E-state index < -0.39 is 10.0 Å². The molecule has 0 aliphatic heterocycles. The number of anilines is 2. The lowest BCUT2D eigenvalue weighted by molar-refractivity contribution is 0.601. The maximum absolute atomic E-state index is 12.0. The first kappa shape index (κ1) is 12.2. The van der Waals surface area contributed by atoms with Crippen LogP contribution in [0.4, 0.5) is 10.8 Å². The van der Waals surface area contributed by atoms with Crippen LogP contribution in [0.2, 0.25) is 0 Å². The predicted octanol–water partition coefficient (Wildman–Crippen LogP) is 1.08. The highest BCUT2D eigenvalue weighted by atomic mass is 79.9. The van der Waals surface area contributed by atoms with Crippen LogP contribution in [0.5, 0.6) is 0 Å². The van der Waals surface area contributed by atoms with Crippen molar-refractivity contribution in [2.45, 2.75) is 4.90 Å². The molecule has 0 saturated heterocycles. The highest BCUT2D eigenvalue weighted by Crippen LogP contribution is 2.23. The van der Waals surface area contributed by atoms with Crippen LogP contribution in [0.15, 0.2) is 27.8 Å². The van der Waals surface area contributed by atoms with Gasteiger partial charge in [-0.15, -0.1) is 5.10 Å². The molecule has 10 heteroatoms. The first-order valence-electron chi connectivity index (χ1n) is 4.20. The molecule has 0 aromatic carbocycles. The van der Waals surface area contributed by atoms with Crippen molar-refractivity contribution in [1.29, 1.82) is 0 Å². The van der Waals surface area contributed by atoms with Gasteiger partial charge in [-0.25, -0.2) is 13.4 Å². The number of nitrogens with two attached hydrogens (primary N) is 1. The van der Waals surface area contributed by atoms with Crippen molar-refractivity contribution >= 4 is 48.3 Å². The fourth-order valence-electron chi connectivity index (χ4n) is 1.05. The average Bonchev–Trinajstić information content (AvgIpc) is 2.73. The highest BCUT2D eigenvalue weighted by Gasteiger charge is 2.19. The zero-order valence-corrected chi connectivity index (χ0v) is 11.4. The molecule has 0 fully saturated rings. The van der Waals surface area contributed by atoms with Crippen LogP contribution in [0.1, 0.15) is 0 Å². The van der Waals surface area contributed by atoms with Gasteiger partial charge in [0.05, 0.1) is 6.20 Å². The van der Waals surface area contributed by atoms with Crippen molar-refractivity contribution in [2.24, 2.45) is 0 Å². The average molecular weight is 336 g/mol. The molecule has 0 unspecified atom stereocenters. The SMILES string of the molecule is Nc1ncc(Br)cc1S(=O)(=O)Nc1cnns1. The molecule has 0 atom stereocenters. The number of pyridine rings is 1. The molecule has 0 aliphatic carbocycles. The summed E-state index contributed by atoms with van der Waals surface area (Å²) >= 11 is 4.06. The number of nitrogens with one attached hydrogen (secondary N) is 1. The third-order valence-corrected chi connectivity index (χ3v) is 4.27. The molecule has 2 heterocycles. The van der Waals surface area contributed by atoms with E-state index in [1.54, 1.807) is 0 Å². The highest BCUT2D eigenvalue weighted by molar-refractivity contribution is 9.10. The van der Waals surface area contributed by atoms with Crippen molar-refractivity contribution in [3.05, 3.63) is 22.9 Å². The van der Waals surface area contributed by atoms with Crippen molar-refractivity contribution < 1.29 is 8.42 Å². The maximum atomic E-state index is 12.0. The van der Waals surface area contributed by atoms with Crippen molar-refractivity contribution in [2.75, 3.05) is 10.5 Å². The Morgan fingerprint density at radius 3 is 2.82 bits per heavy atom. The number of sulfonamides is 1. The number of hydrogen-bond acceptors (Lipinski definition) is 7. The molecule has 0 amide bonds. The van der Waals surface area contributed by atoms with Gasteiger partial charge in [-0.2, -0.15) is 0 Å². The summed E-state index contributed by atoms with van der Waals surface area (Å²) < 4.78 is 30.3. The zero-order valence-electron chi connectivity index (χ0n) is 8.16. The summed E-state index contributed by atoms with van der Waals surface area (Å²) in [5.74, 6) is -0.0711. The summed E-state index contributed by atoms with van der Waals surface area (Å²) in [6, 6.07) is 1.37. The standard InChI is InChI=1S/C7H6BrN5O2S2/c8-4-1-5(7(9)10-2-4)17(14,15)12-6-3-11-13-16-6/h1-3,12H,(H2,9,10). The topological polar surface area (TPSA) is 111 Å². The number of halogens is 1. The molecule has 2 rings (SSSR count). The van der Waals surface area contributed by atoms with E-state index in [0.717, 1.165) is 11.5 Å². The second-order valence-electron chi connectivity index (χ2n) is 2.92. The van der Waals surface area contributed by atoms with Crippen LogP contribution < -0.4 is 10.5 Å². The third kappa shape index (κ3) is 2.70. The van der Waals surface area contributed by atoms with Crippen molar-refractivity contribution in [1.82, 2.24) is 14.6 Å². The molecule has 17 heavy (non-hydrogen) atoms. The Hall–Kier alpha value is -1.26. The lowest BCUT2D eigenvalue weighted by atomic mass is 10.5. The number of nitrogens with zero attached hydrogens (tertiary/aromatic N) is 3. The Kier molecular flexibility index (Phi) is 3.26. The van der Waals surface area contributed by atoms with Gasteiger partial charge in [-0.1, -0.05) is 4.49 Å². The molecule has 90 valence electrons. The van der Waals surface area contributed by atoms with E-state index in [1.165, 1.54) is 18.5 Å². The first-order chi connectivity index (χ1) is 7.99. The van der Waals surface area contributed by atoms with E-state index in [-0.39, 0.29) is 10.7 Å². The Morgan fingerprint density at radius 2 is 2.18 bits per heavy atom. The Labute approximate surface area is 109 Å². The fraction of sp³-hybridized carbons (Fsp3) is 0. The monoisotopic (exact) mass is 335 g/mol. The van der Waals surface area contributed by atoms with Crippen LogP contribution in [-0.2, 0) is 10.0 Å². The van der Waals surface area contributed by atoms with Gasteiger partial charge >= 0.3 is 0 Å². The molecule has 0 spiro atoms. The van der Waals surface area contributed by atoms with E-state index in [2.05, 4.69) is 35.2 Å². The summed E-state index contributed by atoms with van der Waals surface area (Å²) in [6.45, 7) is 0. The number of hydrogen-bond donors (Lipinski definition) is 2. The van der Waals surface area contributed by atoms with Gasteiger partial charge in [-0.3, -0.25) is 4.72 Å². The molecule has 0 radical (unpaired) electrons. The van der Waals surface area contributed by atoms with E-state index in [1.807, 2.05) is 0 Å². The molecule has 7 nitrogen and oxygen atoms in total. The Bertz CT molecular complexity index is 628. The lowest BCUT2D eigenvalue weighted by Gasteiger charge is -2.07. The van der Waals surface area contributed by atoms with E-state index in [0.29, 0.717) is 9.47 Å². The van der Waals surface area contributed by atoms with Crippen molar-refractivity contribution in [3.63, 3.8) is 0 Å². The van der Waals surface area contributed by atoms with Gasteiger partial charge in [0, 0.05) is 22.2 Å². The largest absolute Gasteiger partial charge is 0.383 e. The van der Waals surface area contributed by atoms with Crippen LogP contribution in [-0.4, -0.2) is 23.0 Å². The van der Waals surface area contributed by atoms with Crippen molar-refractivity contribution in [3.8, 4) is 0 Å². The van der Waals surface area contributed by atoms with Crippen LogP contribution in [0, 0.1) is 0 Å². The number of aromatic nitrogens is 3. The summed E-state index contributed by atoms with van der Waals surface area (Å²) in [4.78, 5) is 3.66. The summed E-state index contributed by atoms with van der Waals surface area (Å²) in [7, 11) is -3.77. The van der Waals surface area contributed by atoms with Crippen LogP contribution >= 0.6 is 27.5 Å². The third-order valence-electron chi connectivity index (χ3n) is 1.73. The minimum absolute atomic E-state index is 0.0711. The summed E-state index contributed by atoms with van der Waals surface area (Å²) in [5, 5.41) is 3.84. The molecule has 2 aromatic rings. The second kappa shape index (κ2) is 4.55. The summed E-state index contributed by atoms with van der Waals surface area (Å²) in [5.41, 5.74) is 5.53. The minimum Gasteiger partial charge on any atom is -0.383 e. The van der Waals surface area contributed by atoms with Gasteiger partial charge in [0.25, 0.3) is 10.0 Å². The van der Waals surface area contributed by atoms with Gasteiger partial charge < -0.3 is 5.73 Å². The van der Waals surface area contributed by atoms with Gasteiger partial charge in [0.15, 0.2) is 0 Å². The molecule has 0 saturated carbocycles. The maximum Gasteiger partial charge on any atom is 0.266 e. The number of rotatable bonds is 3.